The van der Waals surface area contributed by atoms with Crippen LogP contribution in [0.2, 0.25) is 0 Å². The first kappa shape index (κ1) is 25.4. The topological polar surface area (TPSA) is 66.9 Å². The first-order valence-corrected chi connectivity index (χ1v) is 13.8. The van der Waals surface area contributed by atoms with Crippen LogP contribution in [0.3, 0.4) is 0 Å². The van der Waals surface area contributed by atoms with E-state index in [0.29, 0.717) is 5.56 Å². The molecule has 6 nitrogen and oxygen atoms in total. The Balaban J connectivity index is 1.91. The molecule has 1 aliphatic carbocycles. The maximum Gasteiger partial charge on any atom is 0.415 e. The largest absolute Gasteiger partial charge is 0.440 e. The number of sulfone groups is 1. The lowest BCUT2D eigenvalue weighted by molar-refractivity contribution is 0.110. The molecule has 180 valence electrons. The van der Waals surface area contributed by atoms with E-state index < -0.39 is 27.2 Å². The van der Waals surface area contributed by atoms with Crippen molar-refractivity contribution in [3.05, 3.63) is 59.7 Å². The van der Waals surface area contributed by atoms with Gasteiger partial charge in [0.1, 0.15) is 11.3 Å². The highest BCUT2D eigenvalue weighted by atomic mass is 35.5. The molecular weight excluding hydrogens is 460 g/mol. The normalized spacial score (nSPS) is 14.9. The van der Waals surface area contributed by atoms with Crippen molar-refractivity contribution in [2.24, 2.45) is 0 Å². The second-order valence-corrected chi connectivity index (χ2v) is 11.1. The number of hydrogen-bond acceptors (Lipinski definition) is 5. The molecular formula is C25H33ClN2O4S. The number of benzene rings is 2. The number of carbonyl (C=O) groups is 1. The van der Waals surface area contributed by atoms with Crippen LogP contribution in [0, 0.1) is 6.92 Å². The standard InChI is InChI=1S/C25H33ClN2O4S/c1-4-27(5-2)22-14-15-23(19(3)16-22)28(21-12-9-13-21)25(29)32-24(17-33(30,31)18-26)20-10-7-6-8-11-20/h6-8,10-11,14-16,21,24H,4-5,9,12-13,17-18H2,1-3H3. The van der Waals surface area contributed by atoms with Gasteiger partial charge < -0.3 is 9.64 Å². The van der Waals surface area contributed by atoms with E-state index >= 15 is 0 Å². The highest BCUT2D eigenvalue weighted by Gasteiger charge is 2.34. The Bertz CT molecular complexity index is 1040. The zero-order valence-electron chi connectivity index (χ0n) is 19.5. The van der Waals surface area contributed by atoms with E-state index in [0.717, 1.165) is 49.3 Å². The predicted molar refractivity (Wildman–Crippen MR) is 135 cm³/mol. The minimum atomic E-state index is -3.58. The molecule has 0 bridgehead atoms. The highest BCUT2D eigenvalue weighted by Crippen LogP contribution is 2.35. The first-order valence-electron chi connectivity index (χ1n) is 11.5. The van der Waals surface area contributed by atoms with Gasteiger partial charge in [0.25, 0.3) is 0 Å². The molecule has 1 unspecified atom stereocenters. The van der Waals surface area contributed by atoms with Gasteiger partial charge in [-0.15, -0.1) is 11.6 Å². The molecule has 2 aromatic carbocycles. The van der Waals surface area contributed by atoms with Crippen LogP contribution in [0.1, 0.15) is 50.3 Å². The summed E-state index contributed by atoms with van der Waals surface area (Å²) in [7, 11) is -3.58. The molecule has 1 atom stereocenters. The number of halogens is 1. The van der Waals surface area contributed by atoms with E-state index in [1.54, 1.807) is 29.2 Å². The quantitative estimate of drug-likeness (QED) is 0.398. The number of carbonyl (C=O) groups excluding carboxylic acids is 1. The van der Waals surface area contributed by atoms with Gasteiger partial charge in [-0.2, -0.15) is 0 Å². The van der Waals surface area contributed by atoms with E-state index in [-0.39, 0.29) is 11.8 Å². The maximum absolute atomic E-state index is 13.5. The number of alkyl halides is 1. The van der Waals surface area contributed by atoms with Gasteiger partial charge >= 0.3 is 6.09 Å². The molecule has 0 aliphatic heterocycles. The summed E-state index contributed by atoms with van der Waals surface area (Å²) in [6.07, 6.45) is 1.37. The Morgan fingerprint density at radius 3 is 2.30 bits per heavy atom. The van der Waals surface area contributed by atoms with Crippen LogP contribution < -0.4 is 9.80 Å². The Labute approximate surface area is 202 Å². The Hall–Kier alpha value is -2.25. The second-order valence-electron chi connectivity index (χ2n) is 8.40. The summed E-state index contributed by atoms with van der Waals surface area (Å²) in [5.41, 5.74) is 3.51. The van der Waals surface area contributed by atoms with Gasteiger partial charge in [0.2, 0.25) is 0 Å². The highest BCUT2D eigenvalue weighted by molar-refractivity contribution is 7.92. The summed E-state index contributed by atoms with van der Waals surface area (Å²) in [5.74, 6) is -0.357. The van der Waals surface area contributed by atoms with Crippen molar-refractivity contribution >= 4 is 38.9 Å². The van der Waals surface area contributed by atoms with Crippen LogP contribution in [0.25, 0.3) is 0 Å². The third-order valence-electron chi connectivity index (χ3n) is 6.19. The van der Waals surface area contributed by atoms with E-state index in [1.165, 1.54) is 0 Å². The van der Waals surface area contributed by atoms with Crippen molar-refractivity contribution in [3.63, 3.8) is 0 Å². The molecule has 0 aromatic heterocycles. The van der Waals surface area contributed by atoms with Crippen molar-refractivity contribution in [2.75, 3.05) is 33.9 Å². The van der Waals surface area contributed by atoms with E-state index in [2.05, 4.69) is 24.8 Å². The van der Waals surface area contributed by atoms with Crippen molar-refractivity contribution in [1.29, 1.82) is 0 Å². The fourth-order valence-electron chi connectivity index (χ4n) is 4.10. The second kappa shape index (κ2) is 11.3. The third kappa shape index (κ3) is 6.21. The number of ether oxygens (including phenoxy) is 1. The van der Waals surface area contributed by atoms with Crippen molar-refractivity contribution in [3.8, 4) is 0 Å². The number of hydrogen-bond donors (Lipinski definition) is 0. The molecule has 1 fully saturated rings. The first-order chi connectivity index (χ1) is 15.8. The third-order valence-corrected chi connectivity index (χ3v) is 8.33. The molecule has 1 aliphatic rings. The minimum absolute atomic E-state index is 0.0385. The zero-order chi connectivity index (χ0) is 24.0. The zero-order valence-corrected chi connectivity index (χ0v) is 21.1. The maximum atomic E-state index is 13.5. The molecule has 8 heteroatoms. The summed E-state index contributed by atoms with van der Waals surface area (Å²) in [5, 5.41) is -0.522. The van der Waals surface area contributed by atoms with Crippen LogP contribution in [-0.2, 0) is 14.6 Å². The molecule has 0 N–H and O–H groups in total. The molecule has 0 saturated heterocycles. The monoisotopic (exact) mass is 492 g/mol. The van der Waals surface area contributed by atoms with Crippen LogP contribution in [0.5, 0.6) is 0 Å². The van der Waals surface area contributed by atoms with E-state index in [9.17, 15) is 13.2 Å². The molecule has 1 amide bonds. The van der Waals surface area contributed by atoms with E-state index in [1.807, 2.05) is 25.1 Å². The van der Waals surface area contributed by atoms with Crippen LogP contribution in [-0.4, -0.2) is 44.6 Å². The number of rotatable bonds is 10. The van der Waals surface area contributed by atoms with Gasteiger partial charge in [-0.25, -0.2) is 13.2 Å². The summed E-state index contributed by atoms with van der Waals surface area (Å²) < 4.78 is 30.4. The fraction of sp³-hybridized carbons (Fsp3) is 0.480. The van der Waals surface area contributed by atoms with Crippen LogP contribution >= 0.6 is 11.6 Å². The summed E-state index contributed by atoms with van der Waals surface area (Å²) >= 11 is 5.64. The Morgan fingerprint density at radius 1 is 1.12 bits per heavy atom. The Kier molecular flexibility index (Phi) is 8.65. The summed E-state index contributed by atoms with van der Waals surface area (Å²) in [4.78, 5) is 17.4. The lowest BCUT2D eigenvalue weighted by atomic mass is 9.91. The number of anilines is 2. The van der Waals surface area contributed by atoms with Gasteiger partial charge in [0, 0.05) is 24.8 Å². The van der Waals surface area contributed by atoms with Crippen LogP contribution in [0.4, 0.5) is 16.2 Å². The summed E-state index contributed by atoms with van der Waals surface area (Å²) in [6.45, 7) is 8.02. The lowest BCUT2D eigenvalue weighted by Crippen LogP contribution is -2.45. The number of nitrogens with zero attached hydrogens (tertiary/aromatic N) is 2. The van der Waals surface area contributed by atoms with Crippen molar-refractivity contribution < 1.29 is 17.9 Å². The van der Waals surface area contributed by atoms with Gasteiger partial charge in [-0.3, -0.25) is 4.90 Å². The molecule has 33 heavy (non-hydrogen) atoms. The number of amides is 1. The van der Waals surface area contributed by atoms with Crippen LogP contribution in [0.15, 0.2) is 48.5 Å². The smallest absolute Gasteiger partial charge is 0.415 e. The minimum Gasteiger partial charge on any atom is -0.440 e. The molecule has 0 heterocycles. The molecule has 1 saturated carbocycles. The van der Waals surface area contributed by atoms with Gasteiger partial charge in [0.05, 0.1) is 11.4 Å². The molecule has 0 radical (unpaired) electrons. The summed E-state index contributed by atoms with van der Waals surface area (Å²) in [6, 6.07) is 15.1. The lowest BCUT2D eigenvalue weighted by Gasteiger charge is -2.38. The van der Waals surface area contributed by atoms with Crippen molar-refractivity contribution in [1.82, 2.24) is 0 Å². The number of aryl methyl sites for hydroxylation is 1. The van der Waals surface area contributed by atoms with E-state index in [4.69, 9.17) is 16.3 Å². The van der Waals surface area contributed by atoms with Gasteiger partial charge in [0.15, 0.2) is 9.84 Å². The molecule has 2 aromatic rings. The average molecular weight is 493 g/mol. The SMILES string of the molecule is CCN(CC)c1ccc(N(C(=O)OC(CS(=O)(=O)CCl)c2ccccc2)C2CCC2)c(C)c1. The fourth-order valence-corrected chi connectivity index (χ4v) is 5.18. The molecule has 3 rings (SSSR count). The average Bonchev–Trinajstić information content (AvgIpc) is 2.77. The van der Waals surface area contributed by atoms with Gasteiger partial charge in [-0.05, 0) is 69.4 Å². The Morgan fingerprint density at radius 2 is 1.79 bits per heavy atom. The van der Waals surface area contributed by atoms with Gasteiger partial charge in [-0.1, -0.05) is 30.3 Å². The predicted octanol–water partition coefficient (Wildman–Crippen LogP) is 5.69. The van der Waals surface area contributed by atoms with Crippen molar-refractivity contribution in [2.45, 2.75) is 52.2 Å². The molecule has 0 spiro atoms.